The molecule has 4 heterocycles. The first-order chi connectivity index (χ1) is 12.2. The zero-order chi connectivity index (χ0) is 17.0. The van der Waals surface area contributed by atoms with Gasteiger partial charge in [0.15, 0.2) is 12.6 Å². The Labute approximate surface area is 146 Å². The van der Waals surface area contributed by atoms with E-state index in [0.717, 1.165) is 5.56 Å². The number of hydrogen-bond donors (Lipinski definition) is 0. The number of hydroxylamine groups is 2. The van der Waals surface area contributed by atoms with Crippen LogP contribution in [0.2, 0.25) is 0 Å². The van der Waals surface area contributed by atoms with Gasteiger partial charge >= 0.3 is 0 Å². The molecule has 0 aliphatic carbocycles. The van der Waals surface area contributed by atoms with Crippen LogP contribution in [0.25, 0.3) is 0 Å². The van der Waals surface area contributed by atoms with Gasteiger partial charge < -0.3 is 23.7 Å². The number of fused-ring (bicyclic) bond motifs is 1. The molecule has 4 fully saturated rings. The molecule has 7 atom stereocenters. The molecule has 0 aromatic heterocycles. The number of likely N-dealkylation sites (N-methyl/N-ethyl adjacent to an activating group) is 1. The van der Waals surface area contributed by atoms with Crippen LogP contribution in [0.4, 0.5) is 0 Å². The average molecular weight is 349 g/mol. The summed E-state index contributed by atoms with van der Waals surface area (Å²) in [6.07, 6.45) is -1.59. The third-order valence-corrected chi connectivity index (χ3v) is 5.94. The van der Waals surface area contributed by atoms with Gasteiger partial charge in [-0.05, 0) is 0 Å². The van der Waals surface area contributed by atoms with Gasteiger partial charge in [0.1, 0.15) is 23.9 Å². The van der Waals surface area contributed by atoms with Crippen LogP contribution in [0.3, 0.4) is 0 Å². The van der Waals surface area contributed by atoms with E-state index < -0.39 is 18.1 Å². The van der Waals surface area contributed by atoms with Crippen LogP contribution in [0.15, 0.2) is 30.3 Å². The molecule has 0 bridgehead atoms. The Morgan fingerprint density at radius 2 is 1.88 bits per heavy atom. The van der Waals surface area contributed by atoms with Crippen molar-refractivity contribution in [2.24, 2.45) is 5.92 Å². The minimum Gasteiger partial charge on any atom is -0.370 e. The molecule has 7 unspecified atom stereocenters. The van der Waals surface area contributed by atoms with Crippen LogP contribution in [-0.4, -0.2) is 69.2 Å². The second-order valence-electron chi connectivity index (χ2n) is 7.04. The molecule has 25 heavy (non-hydrogen) atoms. The smallest absolute Gasteiger partial charge is 0.185 e. The van der Waals surface area contributed by atoms with Crippen molar-refractivity contribution in [1.82, 2.24) is 5.06 Å². The first kappa shape index (κ1) is 16.1. The molecule has 0 amide bonds. The molecule has 7 nitrogen and oxygen atoms in total. The van der Waals surface area contributed by atoms with E-state index in [0.29, 0.717) is 19.8 Å². The van der Waals surface area contributed by atoms with Gasteiger partial charge in [0.2, 0.25) is 0 Å². The fraction of sp³-hybridized carbons (Fsp3) is 0.667. The Morgan fingerprint density at radius 3 is 2.68 bits per heavy atom. The monoisotopic (exact) mass is 349 g/mol. The third kappa shape index (κ3) is 2.18. The number of benzene rings is 1. The summed E-state index contributed by atoms with van der Waals surface area (Å²) in [5, 5.41) is 1.91. The summed E-state index contributed by atoms with van der Waals surface area (Å²) >= 11 is 0. The molecule has 4 aliphatic heterocycles. The second kappa shape index (κ2) is 5.99. The minimum absolute atomic E-state index is 0.214. The van der Waals surface area contributed by atoms with Crippen molar-refractivity contribution in [2.45, 2.75) is 36.4 Å². The van der Waals surface area contributed by atoms with Gasteiger partial charge in [0.25, 0.3) is 0 Å². The Balaban J connectivity index is 1.52. The van der Waals surface area contributed by atoms with Crippen molar-refractivity contribution in [3.63, 3.8) is 0 Å². The maximum absolute atomic E-state index is 6.45. The Bertz CT molecular complexity index is 629. The fourth-order valence-corrected chi connectivity index (χ4v) is 4.78. The Kier molecular flexibility index (Phi) is 3.87. The third-order valence-electron chi connectivity index (χ3n) is 5.94. The van der Waals surface area contributed by atoms with E-state index in [4.69, 9.17) is 28.5 Å². The van der Waals surface area contributed by atoms with Crippen molar-refractivity contribution in [3.8, 4) is 0 Å². The number of methoxy groups -OCH3 is 1. The summed E-state index contributed by atoms with van der Waals surface area (Å²) in [6.45, 7) is 1.67. The normalized spacial score (nSPS) is 46.5. The predicted octanol–water partition coefficient (Wildman–Crippen LogP) is 1.10. The lowest BCUT2D eigenvalue weighted by molar-refractivity contribution is -0.376. The molecule has 0 radical (unpaired) electrons. The van der Waals surface area contributed by atoms with Crippen molar-refractivity contribution < 1.29 is 28.5 Å². The van der Waals surface area contributed by atoms with E-state index in [1.165, 1.54) is 0 Å². The van der Waals surface area contributed by atoms with Gasteiger partial charge in [0, 0.05) is 25.6 Å². The maximum Gasteiger partial charge on any atom is 0.185 e. The van der Waals surface area contributed by atoms with Crippen molar-refractivity contribution in [2.75, 3.05) is 34.0 Å². The molecule has 4 saturated heterocycles. The van der Waals surface area contributed by atoms with E-state index in [9.17, 15) is 0 Å². The minimum atomic E-state index is -0.462. The van der Waals surface area contributed by atoms with E-state index in [2.05, 4.69) is 0 Å². The summed E-state index contributed by atoms with van der Waals surface area (Å²) in [4.78, 5) is 5.88. The van der Waals surface area contributed by atoms with Crippen LogP contribution in [-0.2, 0) is 28.5 Å². The summed E-state index contributed by atoms with van der Waals surface area (Å²) in [7, 11) is 3.59. The zero-order valence-corrected chi connectivity index (χ0v) is 14.4. The second-order valence-corrected chi connectivity index (χ2v) is 7.04. The van der Waals surface area contributed by atoms with Crippen LogP contribution >= 0.6 is 0 Å². The highest BCUT2D eigenvalue weighted by Crippen LogP contribution is 2.52. The lowest BCUT2D eigenvalue weighted by Crippen LogP contribution is -2.73. The lowest BCUT2D eigenvalue weighted by Gasteiger charge is -2.54. The number of rotatable bonds is 2. The van der Waals surface area contributed by atoms with E-state index >= 15 is 0 Å². The summed E-state index contributed by atoms with van der Waals surface area (Å²) < 4.78 is 30.2. The van der Waals surface area contributed by atoms with Crippen LogP contribution in [0, 0.1) is 5.92 Å². The SMILES string of the molecule is COC1OC2COC(c3ccccc3)OC2C23C(COC12)CON3C. The zero-order valence-electron chi connectivity index (χ0n) is 14.4. The van der Waals surface area contributed by atoms with Crippen molar-refractivity contribution in [1.29, 1.82) is 0 Å². The summed E-state index contributed by atoms with van der Waals surface area (Å²) in [5.41, 5.74) is 0.570. The van der Waals surface area contributed by atoms with Gasteiger partial charge in [-0.15, -0.1) is 0 Å². The van der Waals surface area contributed by atoms with Crippen molar-refractivity contribution in [3.05, 3.63) is 35.9 Å². The lowest BCUT2D eigenvalue weighted by atomic mass is 9.73. The molecule has 7 heteroatoms. The molecule has 4 aliphatic rings. The fourth-order valence-electron chi connectivity index (χ4n) is 4.78. The standard InChI is InChI=1S/C18H23NO6/c1-19-18-12(9-23-19)8-21-15(18)17(20-2)24-13-10-22-16(25-14(13)18)11-6-4-3-5-7-11/h3-7,12-17H,8-10H2,1-2H3. The van der Waals surface area contributed by atoms with Gasteiger partial charge in [0.05, 0.1) is 19.8 Å². The largest absolute Gasteiger partial charge is 0.370 e. The average Bonchev–Trinajstić information content (AvgIpc) is 3.20. The van der Waals surface area contributed by atoms with E-state index in [-0.39, 0.29) is 24.2 Å². The molecule has 0 saturated carbocycles. The summed E-state index contributed by atoms with van der Waals surface area (Å²) in [5.74, 6) is 0.214. The molecular formula is C18H23NO6. The first-order valence-electron chi connectivity index (χ1n) is 8.73. The molecular weight excluding hydrogens is 326 g/mol. The first-order valence-corrected chi connectivity index (χ1v) is 8.73. The maximum atomic E-state index is 6.45. The van der Waals surface area contributed by atoms with Crippen molar-refractivity contribution >= 4 is 0 Å². The van der Waals surface area contributed by atoms with Gasteiger partial charge in [-0.1, -0.05) is 30.3 Å². The predicted molar refractivity (Wildman–Crippen MR) is 85.4 cm³/mol. The number of hydrogen-bond acceptors (Lipinski definition) is 7. The molecule has 0 N–H and O–H groups in total. The highest BCUT2D eigenvalue weighted by Gasteiger charge is 2.71. The highest BCUT2D eigenvalue weighted by atomic mass is 16.8. The topological polar surface area (TPSA) is 58.6 Å². The van der Waals surface area contributed by atoms with Gasteiger partial charge in [-0.25, -0.2) is 0 Å². The van der Waals surface area contributed by atoms with Gasteiger partial charge in [-0.2, -0.15) is 5.06 Å². The summed E-state index contributed by atoms with van der Waals surface area (Å²) in [6, 6.07) is 9.98. The van der Waals surface area contributed by atoms with E-state index in [1.807, 2.05) is 42.4 Å². The quantitative estimate of drug-likeness (QED) is 0.792. The molecule has 136 valence electrons. The van der Waals surface area contributed by atoms with Gasteiger partial charge in [-0.3, -0.25) is 4.84 Å². The molecule has 1 spiro atoms. The molecule has 1 aromatic rings. The van der Waals surface area contributed by atoms with Crippen LogP contribution in [0.1, 0.15) is 11.9 Å². The van der Waals surface area contributed by atoms with E-state index in [1.54, 1.807) is 7.11 Å². The van der Waals surface area contributed by atoms with Crippen LogP contribution < -0.4 is 0 Å². The number of nitrogens with zero attached hydrogens (tertiary/aromatic N) is 1. The Morgan fingerprint density at radius 1 is 1.04 bits per heavy atom. The Hall–Kier alpha value is -1.06. The number of ether oxygens (including phenoxy) is 5. The van der Waals surface area contributed by atoms with Crippen LogP contribution in [0.5, 0.6) is 0 Å². The molecule has 1 aromatic carbocycles. The highest BCUT2D eigenvalue weighted by molar-refractivity contribution is 5.20. The molecule has 5 rings (SSSR count).